The minimum atomic E-state index is -0.309. The van der Waals surface area contributed by atoms with Crippen molar-refractivity contribution in [1.82, 2.24) is 4.90 Å². The van der Waals surface area contributed by atoms with E-state index < -0.39 is 0 Å². The van der Waals surface area contributed by atoms with Gasteiger partial charge in [0.25, 0.3) is 5.91 Å². The highest BCUT2D eigenvalue weighted by molar-refractivity contribution is 8.26. The van der Waals surface area contributed by atoms with E-state index in [0.717, 1.165) is 11.3 Å². The van der Waals surface area contributed by atoms with Crippen LogP contribution in [0, 0.1) is 0 Å². The second-order valence-electron chi connectivity index (χ2n) is 5.68. The first-order valence-electron chi connectivity index (χ1n) is 8.40. The normalized spacial score (nSPS) is 15.3. The Labute approximate surface area is 167 Å². The number of anilines is 1. The van der Waals surface area contributed by atoms with Gasteiger partial charge in [-0.25, -0.2) is 0 Å². The van der Waals surface area contributed by atoms with Crippen LogP contribution in [0.5, 0.6) is 5.75 Å². The minimum Gasteiger partial charge on any atom is -0.494 e. The molecule has 0 aromatic heterocycles. The fraction of sp³-hybridized carbons (Fsp3) is 0.150. The van der Waals surface area contributed by atoms with Gasteiger partial charge in [0.15, 0.2) is 0 Å². The Morgan fingerprint density at radius 3 is 2.56 bits per heavy atom. The predicted octanol–water partition coefficient (Wildman–Crippen LogP) is 3.93. The average Bonchev–Trinajstić information content (AvgIpc) is 2.92. The van der Waals surface area contributed by atoms with Gasteiger partial charge in [-0.15, -0.1) is 0 Å². The molecule has 5 nitrogen and oxygen atoms in total. The van der Waals surface area contributed by atoms with Gasteiger partial charge in [0.05, 0.1) is 11.5 Å². The summed E-state index contributed by atoms with van der Waals surface area (Å²) in [5.74, 6) is 0.172. The van der Waals surface area contributed by atoms with Crippen LogP contribution in [-0.2, 0) is 9.59 Å². The molecule has 0 aliphatic carbocycles. The lowest BCUT2D eigenvalue weighted by Crippen LogP contribution is -2.36. The zero-order valence-electron chi connectivity index (χ0n) is 14.7. The van der Waals surface area contributed by atoms with E-state index in [9.17, 15) is 9.59 Å². The summed E-state index contributed by atoms with van der Waals surface area (Å²) in [5.41, 5.74) is 1.55. The summed E-state index contributed by atoms with van der Waals surface area (Å²) < 4.78 is 5.75. The number of hydrogen-bond acceptors (Lipinski definition) is 5. The number of carbonyl (C=O) groups excluding carboxylic acids is 2. The molecule has 1 heterocycles. The molecule has 0 atom stereocenters. The lowest BCUT2D eigenvalue weighted by Gasteiger charge is -2.14. The molecule has 0 bridgehead atoms. The minimum absolute atomic E-state index is 0.121. The van der Waals surface area contributed by atoms with Crippen LogP contribution in [0.1, 0.15) is 12.5 Å². The van der Waals surface area contributed by atoms with Crippen LogP contribution < -0.4 is 10.1 Å². The summed E-state index contributed by atoms with van der Waals surface area (Å²) in [6, 6.07) is 16.6. The van der Waals surface area contributed by atoms with Crippen molar-refractivity contribution >= 4 is 51.9 Å². The van der Waals surface area contributed by atoms with Gasteiger partial charge < -0.3 is 10.1 Å². The molecule has 2 aromatic rings. The third-order valence-electron chi connectivity index (χ3n) is 3.72. The van der Waals surface area contributed by atoms with Crippen molar-refractivity contribution in [3.05, 3.63) is 65.1 Å². The number of rotatable bonds is 6. The van der Waals surface area contributed by atoms with E-state index in [1.54, 1.807) is 30.3 Å². The number of nitrogens with one attached hydrogen (secondary N) is 1. The largest absolute Gasteiger partial charge is 0.494 e. The van der Waals surface area contributed by atoms with Crippen LogP contribution in [0.4, 0.5) is 5.69 Å². The number of ether oxygens (including phenoxy) is 1. The Hall–Kier alpha value is -2.64. The molecule has 27 heavy (non-hydrogen) atoms. The standard InChI is InChI=1S/C20H18N2O3S2/c1-2-25-16-10-8-15(9-11-16)21-18(23)13-22-19(24)17(27-20(22)26)12-14-6-4-3-5-7-14/h3-12H,2,13H2,1H3,(H,21,23). The number of thioether (sulfide) groups is 1. The maximum Gasteiger partial charge on any atom is 0.266 e. The number of amides is 2. The molecule has 1 aliphatic rings. The number of thiocarbonyl (C=S) groups is 1. The Balaban J connectivity index is 1.63. The topological polar surface area (TPSA) is 58.6 Å². The van der Waals surface area contributed by atoms with Crippen molar-refractivity contribution in [3.63, 3.8) is 0 Å². The average molecular weight is 399 g/mol. The molecule has 3 rings (SSSR count). The van der Waals surface area contributed by atoms with Gasteiger partial charge in [-0.3, -0.25) is 14.5 Å². The van der Waals surface area contributed by atoms with Crippen molar-refractivity contribution in [1.29, 1.82) is 0 Å². The van der Waals surface area contributed by atoms with Crippen molar-refractivity contribution in [3.8, 4) is 5.75 Å². The highest BCUT2D eigenvalue weighted by Gasteiger charge is 2.33. The molecule has 0 saturated carbocycles. The van der Waals surface area contributed by atoms with Crippen LogP contribution in [-0.4, -0.2) is 34.2 Å². The summed E-state index contributed by atoms with van der Waals surface area (Å²) in [5, 5.41) is 2.77. The Morgan fingerprint density at radius 2 is 1.89 bits per heavy atom. The van der Waals surface area contributed by atoms with E-state index in [0.29, 0.717) is 21.5 Å². The predicted molar refractivity (Wildman–Crippen MR) is 113 cm³/mol. The quantitative estimate of drug-likeness (QED) is 0.590. The fourth-order valence-corrected chi connectivity index (χ4v) is 3.74. The molecular formula is C20H18N2O3S2. The summed E-state index contributed by atoms with van der Waals surface area (Å²) in [7, 11) is 0. The van der Waals surface area contributed by atoms with E-state index in [2.05, 4.69) is 5.32 Å². The van der Waals surface area contributed by atoms with Gasteiger partial charge in [0.2, 0.25) is 5.91 Å². The highest BCUT2D eigenvalue weighted by atomic mass is 32.2. The van der Waals surface area contributed by atoms with Crippen molar-refractivity contribution in [2.75, 3.05) is 18.5 Å². The van der Waals surface area contributed by atoms with E-state index in [1.165, 1.54) is 16.7 Å². The molecule has 138 valence electrons. The third kappa shape index (κ3) is 4.96. The molecule has 0 radical (unpaired) electrons. The van der Waals surface area contributed by atoms with E-state index in [4.69, 9.17) is 17.0 Å². The molecular weight excluding hydrogens is 380 g/mol. The third-order valence-corrected chi connectivity index (χ3v) is 5.10. The van der Waals surface area contributed by atoms with Gasteiger partial charge in [-0.2, -0.15) is 0 Å². The maximum atomic E-state index is 12.6. The monoisotopic (exact) mass is 398 g/mol. The fourth-order valence-electron chi connectivity index (χ4n) is 2.48. The Kier molecular flexibility index (Phi) is 6.26. The van der Waals surface area contributed by atoms with Crippen LogP contribution in [0.2, 0.25) is 0 Å². The summed E-state index contributed by atoms with van der Waals surface area (Å²) >= 11 is 6.48. The molecule has 7 heteroatoms. The van der Waals surface area contributed by atoms with E-state index >= 15 is 0 Å². The maximum absolute atomic E-state index is 12.6. The first-order valence-corrected chi connectivity index (χ1v) is 9.62. The van der Waals surface area contributed by atoms with Gasteiger partial charge in [0.1, 0.15) is 16.6 Å². The van der Waals surface area contributed by atoms with Gasteiger partial charge in [-0.05, 0) is 42.8 Å². The van der Waals surface area contributed by atoms with Gasteiger partial charge in [0, 0.05) is 5.69 Å². The van der Waals surface area contributed by atoms with Crippen molar-refractivity contribution < 1.29 is 14.3 Å². The zero-order chi connectivity index (χ0) is 19.2. The zero-order valence-corrected chi connectivity index (χ0v) is 16.3. The van der Waals surface area contributed by atoms with Crippen LogP contribution in [0.15, 0.2) is 59.5 Å². The smallest absolute Gasteiger partial charge is 0.266 e. The SMILES string of the molecule is CCOc1ccc(NC(=O)CN2C(=O)C(=Cc3ccccc3)SC2=S)cc1. The Morgan fingerprint density at radius 1 is 1.19 bits per heavy atom. The molecule has 1 fully saturated rings. The number of carbonyl (C=O) groups is 2. The molecule has 1 N–H and O–H groups in total. The molecule has 1 saturated heterocycles. The number of nitrogens with zero attached hydrogens (tertiary/aromatic N) is 1. The van der Waals surface area contributed by atoms with E-state index in [-0.39, 0.29) is 18.4 Å². The molecule has 2 amide bonds. The molecule has 2 aromatic carbocycles. The second-order valence-corrected chi connectivity index (χ2v) is 7.36. The second kappa shape index (κ2) is 8.83. The Bertz CT molecular complexity index is 880. The van der Waals surface area contributed by atoms with Crippen LogP contribution in [0.25, 0.3) is 6.08 Å². The first-order chi connectivity index (χ1) is 13.1. The van der Waals surface area contributed by atoms with Crippen molar-refractivity contribution in [2.45, 2.75) is 6.92 Å². The summed E-state index contributed by atoms with van der Waals surface area (Å²) in [4.78, 5) is 26.7. The van der Waals surface area contributed by atoms with Gasteiger partial charge >= 0.3 is 0 Å². The van der Waals surface area contributed by atoms with Crippen LogP contribution in [0.3, 0.4) is 0 Å². The van der Waals surface area contributed by atoms with Crippen LogP contribution >= 0.6 is 24.0 Å². The summed E-state index contributed by atoms with van der Waals surface area (Å²) in [6.07, 6.45) is 1.78. The number of hydrogen-bond donors (Lipinski definition) is 1. The lowest BCUT2D eigenvalue weighted by atomic mass is 10.2. The highest BCUT2D eigenvalue weighted by Crippen LogP contribution is 2.32. The number of benzene rings is 2. The molecule has 0 unspecified atom stereocenters. The van der Waals surface area contributed by atoms with E-state index in [1.807, 2.05) is 37.3 Å². The molecule has 1 aliphatic heterocycles. The van der Waals surface area contributed by atoms with Gasteiger partial charge in [-0.1, -0.05) is 54.3 Å². The summed E-state index contributed by atoms with van der Waals surface area (Å²) in [6.45, 7) is 2.37. The van der Waals surface area contributed by atoms with Crippen molar-refractivity contribution in [2.24, 2.45) is 0 Å². The molecule has 0 spiro atoms. The first kappa shape index (κ1) is 19.1. The lowest BCUT2D eigenvalue weighted by molar-refractivity contribution is -0.126.